The summed E-state index contributed by atoms with van der Waals surface area (Å²) in [6, 6.07) is 15.0. The molecule has 1 aliphatic heterocycles. The summed E-state index contributed by atoms with van der Waals surface area (Å²) in [7, 11) is 0. The number of amides is 3. The van der Waals surface area contributed by atoms with Gasteiger partial charge in [-0.2, -0.15) is 0 Å². The van der Waals surface area contributed by atoms with Crippen molar-refractivity contribution in [3.63, 3.8) is 0 Å². The van der Waals surface area contributed by atoms with Crippen molar-refractivity contribution >= 4 is 23.3 Å². The lowest BCUT2D eigenvalue weighted by atomic mass is 9.97. The Labute approximate surface area is 145 Å². The zero-order chi connectivity index (χ0) is 17.6. The minimum Gasteiger partial charge on any atom is -0.324 e. The molecule has 1 fully saturated rings. The second-order valence-electron chi connectivity index (χ2n) is 6.05. The van der Waals surface area contributed by atoms with E-state index in [-0.39, 0.29) is 23.5 Å². The number of benzene rings is 2. The molecule has 5 nitrogen and oxygen atoms in total. The maximum absolute atomic E-state index is 13.7. The van der Waals surface area contributed by atoms with E-state index in [1.807, 2.05) is 30.3 Å². The molecule has 1 unspecified atom stereocenters. The number of anilines is 2. The van der Waals surface area contributed by atoms with E-state index in [9.17, 15) is 14.0 Å². The number of para-hydroxylation sites is 2. The van der Waals surface area contributed by atoms with Crippen molar-refractivity contribution in [2.24, 2.45) is 5.92 Å². The van der Waals surface area contributed by atoms with E-state index in [1.165, 1.54) is 12.1 Å². The molecule has 2 aromatic carbocycles. The highest BCUT2D eigenvalue weighted by Crippen LogP contribution is 2.21. The molecule has 0 aliphatic carbocycles. The molecule has 1 heterocycles. The second kappa shape index (κ2) is 7.79. The molecule has 3 rings (SSSR count). The maximum Gasteiger partial charge on any atom is 0.321 e. The first-order valence-electron chi connectivity index (χ1n) is 8.30. The number of likely N-dealkylation sites (tertiary alicyclic amines) is 1. The zero-order valence-corrected chi connectivity index (χ0v) is 13.7. The van der Waals surface area contributed by atoms with Gasteiger partial charge in [-0.1, -0.05) is 30.3 Å². The van der Waals surface area contributed by atoms with Crippen LogP contribution >= 0.6 is 0 Å². The lowest BCUT2D eigenvalue weighted by molar-refractivity contribution is -0.121. The van der Waals surface area contributed by atoms with E-state index in [0.29, 0.717) is 25.2 Å². The normalized spacial score (nSPS) is 17.0. The molecule has 1 saturated heterocycles. The number of carbonyl (C=O) groups excluding carboxylic acids is 2. The molecular formula is C19H20FN3O2. The number of piperidine rings is 1. The molecule has 130 valence electrons. The molecular weight excluding hydrogens is 321 g/mol. The van der Waals surface area contributed by atoms with Crippen LogP contribution in [-0.2, 0) is 4.79 Å². The number of nitrogens with one attached hydrogen (secondary N) is 2. The van der Waals surface area contributed by atoms with Gasteiger partial charge >= 0.3 is 6.03 Å². The second-order valence-corrected chi connectivity index (χ2v) is 6.05. The van der Waals surface area contributed by atoms with E-state index in [2.05, 4.69) is 10.6 Å². The number of carbonyl (C=O) groups is 2. The molecule has 2 aromatic rings. The van der Waals surface area contributed by atoms with Crippen molar-refractivity contribution in [3.8, 4) is 0 Å². The van der Waals surface area contributed by atoms with E-state index in [1.54, 1.807) is 17.0 Å². The summed E-state index contributed by atoms with van der Waals surface area (Å²) in [5.41, 5.74) is 0.879. The van der Waals surface area contributed by atoms with Crippen molar-refractivity contribution in [1.82, 2.24) is 4.90 Å². The highest BCUT2D eigenvalue weighted by Gasteiger charge is 2.28. The number of urea groups is 1. The van der Waals surface area contributed by atoms with Crippen LogP contribution in [0.2, 0.25) is 0 Å². The average molecular weight is 341 g/mol. The Balaban J connectivity index is 1.59. The van der Waals surface area contributed by atoms with Gasteiger partial charge in [-0.15, -0.1) is 0 Å². The largest absolute Gasteiger partial charge is 0.324 e. The number of hydrogen-bond acceptors (Lipinski definition) is 2. The van der Waals surface area contributed by atoms with Crippen molar-refractivity contribution < 1.29 is 14.0 Å². The molecule has 0 radical (unpaired) electrons. The van der Waals surface area contributed by atoms with Crippen molar-refractivity contribution in [2.45, 2.75) is 12.8 Å². The lowest BCUT2D eigenvalue weighted by Gasteiger charge is -2.32. The zero-order valence-electron chi connectivity index (χ0n) is 13.7. The fourth-order valence-corrected chi connectivity index (χ4v) is 2.90. The van der Waals surface area contributed by atoms with Gasteiger partial charge < -0.3 is 15.5 Å². The average Bonchev–Trinajstić information content (AvgIpc) is 2.64. The third-order valence-electron chi connectivity index (χ3n) is 4.24. The van der Waals surface area contributed by atoms with E-state index < -0.39 is 5.82 Å². The third-order valence-corrected chi connectivity index (χ3v) is 4.24. The quantitative estimate of drug-likeness (QED) is 0.894. The number of hydrogen-bond donors (Lipinski definition) is 2. The van der Waals surface area contributed by atoms with Gasteiger partial charge in [0.05, 0.1) is 11.6 Å². The predicted octanol–water partition coefficient (Wildman–Crippen LogP) is 3.71. The van der Waals surface area contributed by atoms with Crippen molar-refractivity contribution in [1.29, 1.82) is 0 Å². The minimum atomic E-state index is -0.467. The van der Waals surface area contributed by atoms with Gasteiger partial charge in [-0.05, 0) is 37.1 Å². The monoisotopic (exact) mass is 341 g/mol. The molecule has 2 N–H and O–H groups in total. The van der Waals surface area contributed by atoms with Crippen molar-refractivity contribution in [2.75, 3.05) is 23.7 Å². The molecule has 1 atom stereocenters. The van der Waals surface area contributed by atoms with Crippen LogP contribution in [0.25, 0.3) is 0 Å². The molecule has 3 amide bonds. The standard InChI is InChI=1S/C19H20FN3O2/c20-16-10-4-5-11-17(16)22-18(24)14-7-6-12-23(13-14)19(25)21-15-8-2-1-3-9-15/h1-5,8-11,14H,6-7,12-13H2,(H,21,25)(H,22,24). The Kier molecular flexibility index (Phi) is 5.28. The van der Waals surface area contributed by atoms with Crippen molar-refractivity contribution in [3.05, 3.63) is 60.4 Å². The minimum absolute atomic E-state index is 0.165. The van der Waals surface area contributed by atoms with Crippen LogP contribution in [0.1, 0.15) is 12.8 Å². The topological polar surface area (TPSA) is 61.4 Å². The summed E-state index contributed by atoms with van der Waals surface area (Å²) in [5, 5.41) is 5.44. The first-order valence-corrected chi connectivity index (χ1v) is 8.30. The van der Waals surface area contributed by atoms with E-state index >= 15 is 0 Å². The molecule has 1 aliphatic rings. The molecule has 0 spiro atoms. The maximum atomic E-state index is 13.7. The molecule has 0 saturated carbocycles. The van der Waals surface area contributed by atoms with Gasteiger partial charge in [0.25, 0.3) is 0 Å². The van der Waals surface area contributed by atoms with Gasteiger partial charge in [-0.3, -0.25) is 4.79 Å². The van der Waals surface area contributed by atoms with Crippen LogP contribution in [0.3, 0.4) is 0 Å². The van der Waals surface area contributed by atoms with Gasteiger partial charge in [0.2, 0.25) is 5.91 Å². The first kappa shape index (κ1) is 17.0. The van der Waals surface area contributed by atoms with Gasteiger partial charge in [-0.25, -0.2) is 9.18 Å². The highest BCUT2D eigenvalue weighted by molar-refractivity contribution is 5.94. The molecule has 6 heteroatoms. The number of rotatable bonds is 3. The molecule has 0 aromatic heterocycles. The third kappa shape index (κ3) is 4.35. The summed E-state index contributed by atoms with van der Waals surface area (Å²) in [5.74, 6) is -1.08. The molecule has 0 bridgehead atoms. The van der Waals surface area contributed by atoms with Gasteiger partial charge in [0, 0.05) is 18.8 Å². The van der Waals surface area contributed by atoms with E-state index in [0.717, 1.165) is 6.42 Å². The fraction of sp³-hybridized carbons (Fsp3) is 0.263. The Bertz CT molecular complexity index is 751. The van der Waals surface area contributed by atoms with Crippen LogP contribution in [0.5, 0.6) is 0 Å². The Morgan fingerprint density at radius 3 is 2.48 bits per heavy atom. The van der Waals surface area contributed by atoms with Crippen LogP contribution in [0.15, 0.2) is 54.6 Å². The van der Waals surface area contributed by atoms with Crippen LogP contribution in [0.4, 0.5) is 20.6 Å². The van der Waals surface area contributed by atoms with Crippen LogP contribution < -0.4 is 10.6 Å². The van der Waals surface area contributed by atoms with Gasteiger partial charge in [0.15, 0.2) is 0 Å². The van der Waals surface area contributed by atoms with Crippen LogP contribution in [-0.4, -0.2) is 29.9 Å². The lowest BCUT2D eigenvalue weighted by Crippen LogP contribution is -2.45. The SMILES string of the molecule is O=C(Nc1ccccc1F)C1CCCN(C(=O)Nc2ccccc2)C1. The summed E-state index contributed by atoms with van der Waals surface area (Å²) < 4.78 is 13.7. The Hall–Kier alpha value is -2.89. The highest BCUT2D eigenvalue weighted by atomic mass is 19.1. The summed E-state index contributed by atoms with van der Waals surface area (Å²) in [6.45, 7) is 0.918. The van der Waals surface area contributed by atoms with Gasteiger partial charge in [0.1, 0.15) is 5.82 Å². The smallest absolute Gasteiger partial charge is 0.321 e. The summed E-state index contributed by atoms with van der Waals surface area (Å²) in [4.78, 5) is 26.4. The number of nitrogens with zero attached hydrogens (tertiary/aromatic N) is 1. The Morgan fingerprint density at radius 1 is 1.00 bits per heavy atom. The number of halogens is 1. The molecule has 25 heavy (non-hydrogen) atoms. The Morgan fingerprint density at radius 2 is 1.72 bits per heavy atom. The summed E-state index contributed by atoms with van der Waals surface area (Å²) >= 11 is 0. The first-order chi connectivity index (χ1) is 12.1. The fourth-order valence-electron chi connectivity index (χ4n) is 2.90. The predicted molar refractivity (Wildman–Crippen MR) is 94.8 cm³/mol. The van der Waals surface area contributed by atoms with E-state index in [4.69, 9.17) is 0 Å². The van der Waals surface area contributed by atoms with Crippen LogP contribution in [0, 0.1) is 11.7 Å². The summed E-state index contributed by atoms with van der Waals surface area (Å²) in [6.07, 6.45) is 1.41.